The Morgan fingerprint density at radius 1 is 1.06 bits per heavy atom. The molecule has 8 heteroatoms. The molecule has 0 radical (unpaired) electrons. The average Bonchev–Trinajstić information content (AvgIpc) is 3.63. The third-order valence-corrected chi connectivity index (χ3v) is 8.32. The minimum atomic E-state index is -0.791. The van der Waals surface area contributed by atoms with Crippen LogP contribution in [-0.2, 0) is 4.79 Å². The summed E-state index contributed by atoms with van der Waals surface area (Å²) in [7, 11) is 4.21. The van der Waals surface area contributed by atoms with Crippen molar-refractivity contribution in [3.63, 3.8) is 0 Å². The zero-order chi connectivity index (χ0) is 24.6. The maximum absolute atomic E-state index is 13.2. The van der Waals surface area contributed by atoms with E-state index >= 15 is 0 Å². The minimum Gasteiger partial charge on any atom is -0.390 e. The molecule has 1 aromatic carbocycles. The topological polar surface area (TPSA) is 79.7 Å². The molecule has 1 N–H and O–H groups in total. The zero-order valence-corrected chi connectivity index (χ0v) is 21.1. The van der Waals surface area contributed by atoms with Gasteiger partial charge in [-0.15, -0.1) is 0 Å². The van der Waals surface area contributed by atoms with E-state index in [4.69, 9.17) is 0 Å². The number of hydrogen-bond acceptors (Lipinski definition) is 6. The summed E-state index contributed by atoms with van der Waals surface area (Å²) in [5.41, 5.74) is 0.793. The second kappa shape index (κ2) is 9.90. The van der Waals surface area contributed by atoms with E-state index in [9.17, 15) is 14.7 Å². The van der Waals surface area contributed by atoms with Gasteiger partial charge in [-0.25, -0.2) is 0 Å². The number of rotatable bonds is 6. The van der Waals surface area contributed by atoms with Crippen LogP contribution in [0.5, 0.6) is 0 Å². The summed E-state index contributed by atoms with van der Waals surface area (Å²) in [6.07, 6.45) is 8.53. The molecule has 0 bridgehead atoms. The SMILES string of the molecule is CN(C)C1CCN(C(=O)c2cccc(N3N=CCC3CC3(O)CCN(C(=O)C4CC4)CC3)c2)CC1. The molecule has 1 saturated carbocycles. The molecule has 190 valence electrons. The van der Waals surface area contributed by atoms with E-state index in [1.165, 1.54) is 0 Å². The van der Waals surface area contributed by atoms with Gasteiger partial charge in [-0.2, -0.15) is 5.10 Å². The van der Waals surface area contributed by atoms with Crippen molar-refractivity contribution >= 4 is 23.7 Å². The van der Waals surface area contributed by atoms with E-state index in [-0.39, 0.29) is 23.8 Å². The number of piperidine rings is 2. The van der Waals surface area contributed by atoms with Gasteiger partial charge >= 0.3 is 0 Å². The minimum absolute atomic E-state index is 0.0480. The first-order valence-electron chi connectivity index (χ1n) is 13.2. The standard InChI is InChI=1S/C27H39N5O3/c1-29(2)22-9-14-30(15-10-22)26(34)21-4-3-5-23(18-21)32-24(8-13-28-32)19-27(35)11-16-31(17-12-27)25(33)20-6-7-20/h3-5,13,18,20,22,24,35H,6-12,14-17,19H2,1-2H3. The van der Waals surface area contributed by atoms with Crippen molar-refractivity contribution in [2.75, 3.05) is 45.3 Å². The highest BCUT2D eigenvalue weighted by Gasteiger charge is 2.41. The van der Waals surface area contributed by atoms with Crippen LogP contribution in [0.3, 0.4) is 0 Å². The summed E-state index contributed by atoms with van der Waals surface area (Å²) < 4.78 is 0. The predicted octanol–water partition coefficient (Wildman–Crippen LogP) is 2.57. The van der Waals surface area contributed by atoms with Gasteiger partial charge in [-0.05, 0) is 77.2 Å². The molecule has 1 unspecified atom stereocenters. The molecule has 1 aliphatic carbocycles. The third kappa shape index (κ3) is 5.38. The third-order valence-electron chi connectivity index (χ3n) is 8.32. The average molecular weight is 482 g/mol. The van der Waals surface area contributed by atoms with Crippen molar-refractivity contribution in [3.8, 4) is 0 Å². The highest BCUT2D eigenvalue weighted by atomic mass is 16.3. The number of benzene rings is 1. The number of hydrogen-bond donors (Lipinski definition) is 1. The molecule has 4 aliphatic rings. The van der Waals surface area contributed by atoms with Crippen LogP contribution in [0, 0.1) is 5.92 Å². The van der Waals surface area contributed by atoms with E-state index in [0.717, 1.165) is 50.9 Å². The molecule has 2 saturated heterocycles. The first-order valence-corrected chi connectivity index (χ1v) is 13.2. The lowest BCUT2D eigenvalue weighted by Crippen LogP contribution is -2.49. The van der Waals surface area contributed by atoms with E-state index in [1.807, 2.05) is 45.3 Å². The molecule has 8 nitrogen and oxygen atoms in total. The molecule has 3 fully saturated rings. The molecular weight excluding hydrogens is 442 g/mol. The van der Waals surface area contributed by atoms with Gasteiger partial charge in [-0.1, -0.05) is 6.07 Å². The number of amides is 2. The Morgan fingerprint density at radius 2 is 1.77 bits per heavy atom. The highest BCUT2D eigenvalue weighted by Crippen LogP contribution is 2.36. The lowest BCUT2D eigenvalue weighted by Gasteiger charge is -2.40. The van der Waals surface area contributed by atoms with Gasteiger partial charge in [0.1, 0.15) is 0 Å². The summed E-state index contributed by atoms with van der Waals surface area (Å²) >= 11 is 0. The molecule has 3 aliphatic heterocycles. The number of hydrazone groups is 1. The fourth-order valence-corrected chi connectivity index (χ4v) is 5.82. The van der Waals surface area contributed by atoms with Gasteiger partial charge in [0.05, 0.1) is 17.3 Å². The lowest BCUT2D eigenvalue weighted by molar-refractivity contribution is -0.137. The van der Waals surface area contributed by atoms with Crippen LogP contribution < -0.4 is 5.01 Å². The zero-order valence-electron chi connectivity index (χ0n) is 21.1. The van der Waals surface area contributed by atoms with Crippen molar-refractivity contribution < 1.29 is 14.7 Å². The second-order valence-corrected chi connectivity index (χ2v) is 11.1. The second-order valence-electron chi connectivity index (χ2n) is 11.1. The number of carbonyl (C=O) groups is 2. The van der Waals surface area contributed by atoms with Gasteiger partial charge in [0.15, 0.2) is 0 Å². The maximum Gasteiger partial charge on any atom is 0.253 e. The fourth-order valence-electron chi connectivity index (χ4n) is 5.82. The van der Waals surface area contributed by atoms with Crippen LogP contribution in [0.15, 0.2) is 29.4 Å². The Balaban J connectivity index is 1.20. The van der Waals surface area contributed by atoms with Gasteiger partial charge in [0.2, 0.25) is 5.91 Å². The van der Waals surface area contributed by atoms with Gasteiger partial charge < -0.3 is 19.8 Å². The quantitative estimate of drug-likeness (QED) is 0.676. The molecule has 1 aromatic rings. The number of aliphatic hydroxyl groups is 1. The largest absolute Gasteiger partial charge is 0.390 e. The normalized spacial score (nSPS) is 24.9. The van der Waals surface area contributed by atoms with Crippen LogP contribution in [0.25, 0.3) is 0 Å². The van der Waals surface area contributed by atoms with Crippen molar-refractivity contribution in [3.05, 3.63) is 29.8 Å². The lowest BCUT2D eigenvalue weighted by atomic mass is 9.84. The number of nitrogens with zero attached hydrogens (tertiary/aromatic N) is 5. The summed E-state index contributed by atoms with van der Waals surface area (Å²) in [4.78, 5) is 31.7. The van der Waals surface area contributed by atoms with Gasteiger partial charge in [0, 0.05) is 56.3 Å². The summed E-state index contributed by atoms with van der Waals surface area (Å²) in [5, 5.41) is 17.9. The number of likely N-dealkylation sites (tertiary alicyclic amines) is 2. The smallest absolute Gasteiger partial charge is 0.253 e. The molecular formula is C27H39N5O3. The molecule has 0 aromatic heterocycles. The summed E-state index contributed by atoms with van der Waals surface area (Å²) in [5.74, 6) is 0.578. The van der Waals surface area contributed by atoms with Crippen molar-refractivity contribution in [2.24, 2.45) is 11.0 Å². The van der Waals surface area contributed by atoms with Crippen LogP contribution in [-0.4, -0.2) is 95.8 Å². The molecule has 3 heterocycles. The monoisotopic (exact) mass is 481 g/mol. The fraction of sp³-hybridized carbons (Fsp3) is 0.667. The van der Waals surface area contributed by atoms with Crippen molar-refractivity contribution in [2.45, 2.75) is 69.1 Å². The number of carbonyl (C=O) groups excluding carboxylic acids is 2. The van der Waals surface area contributed by atoms with Crippen LogP contribution in [0.1, 0.15) is 61.7 Å². The molecule has 5 rings (SSSR count). The van der Waals surface area contributed by atoms with Crippen LogP contribution in [0.2, 0.25) is 0 Å². The Bertz CT molecular complexity index is 959. The molecule has 0 spiro atoms. The first kappa shape index (κ1) is 24.3. The molecule has 2 amide bonds. The Hall–Kier alpha value is -2.45. The Labute approximate surface area is 208 Å². The van der Waals surface area contributed by atoms with Crippen LogP contribution >= 0.6 is 0 Å². The van der Waals surface area contributed by atoms with Gasteiger partial charge in [0.25, 0.3) is 5.91 Å². The summed E-state index contributed by atoms with van der Waals surface area (Å²) in [6.45, 7) is 2.83. The molecule has 1 atom stereocenters. The van der Waals surface area contributed by atoms with Crippen molar-refractivity contribution in [1.82, 2.24) is 14.7 Å². The Kier molecular flexibility index (Phi) is 6.86. The summed E-state index contributed by atoms with van der Waals surface area (Å²) in [6, 6.07) is 8.33. The Morgan fingerprint density at radius 3 is 2.43 bits per heavy atom. The van der Waals surface area contributed by atoms with E-state index in [2.05, 4.69) is 24.1 Å². The van der Waals surface area contributed by atoms with Gasteiger partial charge in [-0.3, -0.25) is 14.6 Å². The van der Waals surface area contributed by atoms with E-state index in [1.54, 1.807) is 0 Å². The highest BCUT2D eigenvalue weighted by molar-refractivity contribution is 5.95. The first-order chi connectivity index (χ1) is 16.8. The maximum atomic E-state index is 13.2. The van der Waals surface area contributed by atoms with E-state index in [0.29, 0.717) is 44.0 Å². The molecule has 35 heavy (non-hydrogen) atoms. The predicted molar refractivity (Wildman–Crippen MR) is 137 cm³/mol. The van der Waals surface area contributed by atoms with E-state index < -0.39 is 5.60 Å². The van der Waals surface area contributed by atoms with Crippen LogP contribution in [0.4, 0.5) is 5.69 Å². The van der Waals surface area contributed by atoms with Crippen molar-refractivity contribution in [1.29, 1.82) is 0 Å². The number of anilines is 1.